The second-order valence-corrected chi connectivity index (χ2v) is 8.87. The van der Waals surface area contributed by atoms with Crippen LogP contribution in [0.25, 0.3) is 21.8 Å². The summed E-state index contributed by atoms with van der Waals surface area (Å²) in [5.74, 6) is 1.70. The predicted octanol–water partition coefficient (Wildman–Crippen LogP) is 6.01. The number of carbonyl (C=O) groups is 1. The van der Waals surface area contributed by atoms with E-state index in [1.807, 2.05) is 66.7 Å². The Hall–Kier alpha value is -3.97. The van der Waals surface area contributed by atoms with Gasteiger partial charge in [0.15, 0.2) is 5.16 Å². The van der Waals surface area contributed by atoms with Gasteiger partial charge in [0.1, 0.15) is 18.1 Å². The molecule has 0 fully saturated rings. The molecule has 0 aliphatic heterocycles. The van der Waals surface area contributed by atoms with E-state index in [-0.39, 0.29) is 11.7 Å². The molecule has 5 rings (SSSR count). The van der Waals surface area contributed by atoms with Crippen LogP contribution in [-0.4, -0.2) is 34.9 Å². The molecule has 176 valence electrons. The van der Waals surface area contributed by atoms with Crippen molar-refractivity contribution >= 4 is 45.2 Å². The molecule has 5 aromatic rings. The summed E-state index contributed by atoms with van der Waals surface area (Å²) in [6.45, 7) is 1.10. The maximum atomic E-state index is 12.6. The predicted molar refractivity (Wildman–Crippen MR) is 142 cm³/mol. The normalized spacial score (nSPS) is 11.0. The fraction of sp³-hybridized carbons (Fsp3) is 0.143. The summed E-state index contributed by atoms with van der Waals surface area (Å²) in [5, 5.41) is 5.95. The highest BCUT2D eigenvalue weighted by molar-refractivity contribution is 7.99. The lowest BCUT2D eigenvalue weighted by Crippen LogP contribution is -2.15. The number of hydrogen-bond acceptors (Lipinski definition) is 5. The van der Waals surface area contributed by atoms with Gasteiger partial charge in [0.05, 0.1) is 30.4 Å². The quantitative estimate of drug-likeness (QED) is 0.260. The van der Waals surface area contributed by atoms with Gasteiger partial charge in [0, 0.05) is 17.1 Å². The summed E-state index contributed by atoms with van der Waals surface area (Å²) < 4.78 is 13.5. The van der Waals surface area contributed by atoms with Crippen molar-refractivity contribution in [3.8, 4) is 11.5 Å². The average molecular weight is 484 g/mol. The Morgan fingerprint density at radius 1 is 0.971 bits per heavy atom. The van der Waals surface area contributed by atoms with Crippen LogP contribution in [0, 0.1) is 0 Å². The smallest absolute Gasteiger partial charge is 0.234 e. The van der Waals surface area contributed by atoms with E-state index in [9.17, 15) is 4.79 Å². The molecule has 6 nitrogen and oxygen atoms in total. The average Bonchev–Trinajstić information content (AvgIpc) is 3.25. The summed E-state index contributed by atoms with van der Waals surface area (Å²) in [4.78, 5) is 17.4. The van der Waals surface area contributed by atoms with Crippen molar-refractivity contribution in [3.63, 3.8) is 0 Å². The summed E-state index contributed by atoms with van der Waals surface area (Å²) >= 11 is 1.41. The molecule has 0 aliphatic rings. The zero-order valence-corrected chi connectivity index (χ0v) is 20.1. The SMILES string of the molecule is COc1cccc(NC(=O)CSc2nc3ccccc3n2CCOc2cccc3ccccc23)c1. The first-order valence-corrected chi connectivity index (χ1v) is 12.3. The first-order valence-electron chi connectivity index (χ1n) is 11.3. The van der Waals surface area contributed by atoms with Crippen molar-refractivity contribution in [3.05, 3.63) is 91.0 Å². The van der Waals surface area contributed by atoms with Gasteiger partial charge in [-0.2, -0.15) is 0 Å². The monoisotopic (exact) mass is 483 g/mol. The zero-order chi connectivity index (χ0) is 24.0. The van der Waals surface area contributed by atoms with E-state index < -0.39 is 0 Å². The number of aromatic nitrogens is 2. The number of methoxy groups -OCH3 is 1. The number of rotatable bonds is 9. The summed E-state index contributed by atoms with van der Waals surface area (Å²) in [7, 11) is 1.60. The summed E-state index contributed by atoms with van der Waals surface area (Å²) in [6.07, 6.45) is 0. The van der Waals surface area contributed by atoms with E-state index >= 15 is 0 Å². The minimum atomic E-state index is -0.103. The van der Waals surface area contributed by atoms with Crippen LogP contribution in [0.1, 0.15) is 0 Å². The van der Waals surface area contributed by atoms with E-state index in [0.29, 0.717) is 24.6 Å². The lowest BCUT2D eigenvalue weighted by Gasteiger charge is -2.12. The molecule has 0 atom stereocenters. The first kappa shape index (κ1) is 22.8. The zero-order valence-electron chi connectivity index (χ0n) is 19.3. The molecule has 1 N–H and O–H groups in total. The molecule has 0 saturated carbocycles. The van der Waals surface area contributed by atoms with Crippen molar-refractivity contribution < 1.29 is 14.3 Å². The number of nitrogens with zero attached hydrogens (tertiary/aromatic N) is 2. The Morgan fingerprint density at radius 3 is 2.69 bits per heavy atom. The Kier molecular flexibility index (Phi) is 6.86. The molecule has 35 heavy (non-hydrogen) atoms. The Morgan fingerprint density at radius 2 is 1.77 bits per heavy atom. The standard InChI is InChI=1S/C28H25N3O3S/c1-33-22-11-7-10-21(18-22)29-27(32)19-35-28-30-24-13-4-5-14-25(24)31(28)16-17-34-26-15-6-9-20-8-2-3-12-23(20)26/h2-15,18H,16-17,19H2,1H3,(H,29,32). The van der Waals surface area contributed by atoms with Crippen LogP contribution in [0.15, 0.2) is 96.2 Å². The molecular formula is C28H25N3O3S. The largest absolute Gasteiger partial charge is 0.497 e. The van der Waals surface area contributed by atoms with E-state index in [4.69, 9.17) is 14.5 Å². The fourth-order valence-electron chi connectivity index (χ4n) is 3.98. The first-order chi connectivity index (χ1) is 17.2. The molecule has 1 amide bonds. The highest BCUT2D eigenvalue weighted by atomic mass is 32.2. The lowest BCUT2D eigenvalue weighted by atomic mass is 10.1. The second kappa shape index (κ2) is 10.5. The van der Waals surface area contributed by atoms with Crippen LogP contribution in [0.2, 0.25) is 0 Å². The molecule has 4 aromatic carbocycles. The number of hydrogen-bond donors (Lipinski definition) is 1. The summed E-state index contributed by atoms with van der Waals surface area (Å²) in [5.41, 5.74) is 2.62. The van der Waals surface area contributed by atoms with E-state index in [0.717, 1.165) is 32.7 Å². The molecule has 0 unspecified atom stereocenters. The summed E-state index contributed by atoms with van der Waals surface area (Å²) in [6, 6.07) is 29.6. The molecule has 7 heteroatoms. The van der Waals surface area contributed by atoms with Gasteiger partial charge in [0.2, 0.25) is 5.91 Å². The number of carbonyl (C=O) groups excluding carboxylic acids is 1. The van der Waals surface area contributed by atoms with Crippen LogP contribution in [-0.2, 0) is 11.3 Å². The van der Waals surface area contributed by atoms with Gasteiger partial charge in [-0.1, -0.05) is 66.4 Å². The number of benzene rings is 4. The van der Waals surface area contributed by atoms with Crippen LogP contribution < -0.4 is 14.8 Å². The van der Waals surface area contributed by atoms with Crippen molar-refractivity contribution in [2.45, 2.75) is 11.7 Å². The number of para-hydroxylation sites is 2. The van der Waals surface area contributed by atoms with Crippen LogP contribution in [0.5, 0.6) is 11.5 Å². The third-order valence-electron chi connectivity index (χ3n) is 5.63. The molecule has 0 bridgehead atoms. The fourth-order valence-corrected chi connectivity index (χ4v) is 4.82. The second-order valence-electron chi connectivity index (χ2n) is 7.93. The van der Waals surface area contributed by atoms with Crippen molar-refractivity contribution in [1.82, 2.24) is 9.55 Å². The number of thioether (sulfide) groups is 1. The van der Waals surface area contributed by atoms with Crippen molar-refractivity contribution in [2.24, 2.45) is 0 Å². The van der Waals surface area contributed by atoms with Gasteiger partial charge in [-0.3, -0.25) is 4.79 Å². The van der Waals surface area contributed by atoms with Crippen LogP contribution >= 0.6 is 11.8 Å². The van der Waals surface area contributed by atoms with Crippen LogP contribution in [0.4, 0.5) is 5.69 Å². The number of ether oxygens (including phenoxy) is 2. The Balaban J connectivity index is 1.28. The maximum Gasteiger partial charge on any atom is 0.234 e. The molecule has 1 aromatic heterocycles. The molecular weight excluding hydrogens is 458 g/mol. The van der Waals surface area contributed by atoms with E-state index in [1.54, 1.807) is 13.2 Å². The number of imidazole rings is 1. The molecule has 0 aliphatic carbocycles. The number of amides is 1. The van der Waals surface area contributed by atoms with Gasteiger partial charge in [-0.05, 0) is 35.7 Å². The topological polar surface area (TPSA) is 65.4 Å². The maximum absolute atomic E-state index is 12.6. The van der Waals surface area contributed by atoms with Crippen molar-refractivity contribution in [2.75, 3.05) is 24.8 Å². The molecule has 0 spiro atoms. The van der Waals surface area contributed by atoms with Gasteiger partial charge in [-0.25, -0.2) is 4.98 Å². The van der Waals surface area contributed by atoms with Gasteiger partial charge in [0.25, 0.3) is 0 Å². The number of fused-ring (bicyclic) bond motifs is 2. The minimum absolute atomic E-state index is 0.103. The number of anilines is 1. The van der Waals surface area contributed by atoms with E-state index in [1.165, 1.54) is 11.8 Å². The van der Waals surface area contributed by atoms with Gasteiger partial charge < -0.3 is 19.4 Å². The molecule has 1 heterocycles. The van der Waals surface area contributed by atoms with Gasteiger partial charge in [-0.15, -0.1) is 0 Å². The number of nitrogens with one attached hydrogen (secondary N) is 1. The third-order valence-corrected chi connectivity index (χ3v) is 6.60. The van der Waals surface area contributed by atoms with E-state index in [2.05, 4.69) is 28.1 Å². The molecule has 0 radical (unpaired) electrons. The highest BCUT2D eigenvalue weighted by Gasteiger charge is 2.14. The third kappa shape index (κ3) is 5.25. The lowest BCUT2D eigenvalue weighted by molar-refractivity contribution is -0.113. The van der Waals surface area contributed by atoms with Gasteiger partial charge >= 0.3 is 0 Å². The molecule has 0 saturated heterocycles. The minimum Gasteiger partial charge on any atom is -0.497 e. The Labute approximate surface area is 207 Å². The highest BCUT2D eigenvalue weighted by Crippen LogP contribution is 2.27. The van der Waals surface area contributed by atoms with Crippen molar-refractivity contribution in [1.29, 1.82) is 0 Å². The Bertz CT molecular complexity index is 1480. The van der Waals surface area contributed by atoms with Crippen LogP contribution in [0.3, 0.4) is 0 Å².